The van der Waals surface area contributed by atoms with Gasteiger partial charge in [0, 0.05) is 17.4 Å². The number of nitrogens with one attached hydrogen (secondary N) is 1. The maximum Gasteiger partial charge on any atom is 0.261 e. The van der Waals surface area contributed by atoms with Gasteiger partial charge < -0.3 is 9.47 Å². The van der Waals surface area contributed by atoms with Crippen LogP contribution in [0.4, 0.5) is 5.69 Å². The third-order valence-corrected chi connectivity index (χ3v) is 6.22. The van der Waals surface area contributed by atoms with Gasteiger partial charge in [0.1, 0.15) is 17.8 Å². The van der Waals surface area contributed by atoms with E-state index in [0.717, 1.165) is 11.4 Å². The summed E-state index contributed by atoms with van der Waals surface area (Å²) in [5.41, 5.74) is 2.32. The second-order valence-corrected chi connectivity index (χ2v) is 8.61. The molecule has 0 unspecified atom stereocenters. The van der Waals surface area contributed by atoms with Gasteiger partial charge >= 0.3 is 0 Å². The molecular weight excluding hydrogens is 430 g/mol. The van der Waals surface area contributed by atoms with E-state index in [1.807, 2.05) is 18.4 Å². The monoisotopic (exact) mass is 451 g/mol. The van der Waals surface area contributed by atoms with Crippen molar-refractivity contribution in [3.63, 3.8) is 0 Å². The molecule has 0 fully saturated rings. The maximum absolute atomic E-state index is 12.5. The van der Waals surface area contributed by atoms with Crippen molar-refractivity contribution in [2.45, 2.75) is 18.7 Å². The lowest BCUT2D eigenvalue weighted by molar-refractivity contribution is 0.414. The summed E-state index contributed by atoms with van der Waals surface area (Å²) in [4.78, 5) is 4.39. The highest BCUT2D eigenvalue weighted by Gasteiger charge is 2.14. The molecule has 0 aliphatic carbocycles. The molecule has 9 nitrogen and oxygen atoms in total. The third kappa shape index (κ3) is 4.54. The summed E-state index contributed by atoms with van der Waals surface area (Å²) in [6.45, 7) is 3.89. The molecule has 0 amide bonds. The molecule has 4 rings (SSSR count). The molecule has 2 aromatic heterocycles. The highest BCUT2D eigenvalue weighted by molar-refractivity contribution is 7.92. The number of hydrogen-bond donors (Lipinski definition) is 1. The van der Waals surface area contributed by atoms with E-state index in [2.05, 4.69) is 19.9 Å². The topological polar surface area (TPSA) is 108 Å². The van der Waals surface area contributed by atoms with E-state index in [1.165, 1.54) is 19.2 Å². The molecule has 32 heavy (non-hydrogen) atoms. The number of methoxy groups -OCH3 is 1. The van der Waals surface area contributed by atoms with Gasteiger partial charge in [-0.3, -0.25) is 9.29 Å². The van der Waals surface area contributed by atoms with Crippen LogP contribution in [0, 0.1) is 13.8 Å². The van der Waals surface area contributed by atoms with Crippen molar-refractivity contribution in [1.29, 1.82) is 0 Å². The number of imidazole rings is 1. The summed E-state index contributed by atoms with van der Waals surface area (Å²) in [7, 11) is -2.20. The van der Waals surface area contributed by atoms with Gasteiger partial charge in [-0.15, -0.1) is 10.2 Å². The largest absolute Gasteiger partial charge is 0.497 e. The van der Waals surface area contributed by atoms with Crippen LogP contribution in [0.25, 0.3) is 5.82 Å². The van der Waals surface area contributed by atoms with Gasteiger partial charge in [0.25, 0.3) is 10.0 Å². The summed E-state index contributed by atoms with van der Waals surface area (Å²) in [5.74, 6) is 2.03. The molecule has 2 heterocycles. The molecule has 0 radical (unpaired) electrons. The van der Waals surface area contributed by atoms with Crippen LogP contribution in [0.3, 0.4) is 0 Å². The standard InChI is InChI=1S/C22H21N5O4S/c1-15-16(2)27(14-23-15)21-12-13-22(25-24-21)31-19-6-4-17(5-7-19)26-32(28,29)20-10-8-18(30-3)9-11-20/h4-14,26H,1-3H3. The lowest BCUT2D eigenvalue weighted by Crippen LogP contribution is -2.12. The smallest absolute Gasteiger partial charge is 0.261 e. The Hall–Kier alpha value is -3.92. The van der Waals surface area contributed by atoms with Crippen LogP contribution in [0.15, 0.2) is 71.9 Å². The van der Waals surface area contributed by atoms with Crippen molar-refractivity contribution in [3.05, 3.63) is 78.4 Å². The Morgan fingerprint density at radius 1 is 0.875 bits per heavy atom. The van der Waals surface area contributed by atoms with E-state index in [4.69, 9.17) is 9.47 Å². The van der Waals surface area contributed by atoms with Crippen LogP contribution in [0.5, 0.6) is 17.4 Å². The third-order valence-electron chi connectivity index (χ3n) is 4.82. The van der Waals surface area contributed by atoms with Crippen LogP contribution in [-0.2, 0) is 10.0 Å². The van der Waals surface area contributed by atoms with Gasteiger partial charge in [-0.05, 0) is 68.4 Å². The molecule has 0 aliphatic heterocycles. The Labute approximate surface area is 185 Å². The molecule has 0 saturated heterocycles. The minimum atomic E-state index is -3.72. The maximum atomic E-state index is 12.5. The average Bonchev–Trinajstić information content (AvgIpc) is 3.14. The number of aromatic nitrogens is 4. The Balaban J connectivity index is 1.43. The zero-order valence-electron chi connectivity index (χ0n) is 17.7. The number of aryl methyl sites for hydroxylation is 1. The first kappa shape index (κ1) is 21.3. The van der Waals surface area contributed by atoms with Crippen LogP contribution >= 0.6 is 0 Å². The normalized spacial score (nSPS) is 11.2. The summed E-state index contributed by atoms with van der Waals surface area (Å²) in [6.07, 6.45) is 1.70. The number of ether oxygens (including phenoxy) is 2. The lowest BCUT2D eigenvalue weighted by atomic mass is 10.3. The first-order valence-corrected chi connectivity index (χ1v) is 11.1. The van der Waals surface area contributed by atoms with E-state index in [0.29, 0.717) is 28.9 Å². The van der Waals surface area contributed by atoms with Crippen molar-refractivity contribution >= 4 is 15.7 Å². The van der Waals surface area contributed by atoms with Gasteiger partial charge in [0.05, 0.1) is 17.7 Å². The van der Waals surface area contributed by atoms with Gasteiger partial charge in [-0.1, -0.05) is 0 Å². The van der Waals surface area contributed by atoms with E-state index >= 15 is 0 Å². The molecular formula is C22H21N5O4S. The van der Waals surface area contributed by atoms with Gasteiger partial charge in [0.2, 0.25) is 5.88 Å². The first-order chi connectivity index (χ1) is 15.4. The highest BCUT2D eigenvalue weighted by atomic mass is 32.2. The van der Waals surface area contributed by atoms with Gasteiger partial charge in [-0.25, -0.2) is 13.4 Å². The quantitative estimate of drug-likeness (QED) is 0.454. The Kier molecular flexibility index (Phi) is 5.78. The molecule has 10 heteroatoms. The number of anilines is 1. The molecule has 164 valence electrons. The van der Waals surface area contributed by atoms with Crippen molar-refractivity contribution in [3.8, 4) is 23.2 Å². The average molecular weight is 452 g/mol. The minimum Gasteiger partial charge on any atom is -0.497 e. The molecule has 0 spiro atoms. The number of benzene rings is 2. The van der Waals surface area contributed by atoms with Gasteiger partial charge in [-0.2, -0.15) is 0 Å². The summed E-state index contributed by atoms with van der Waals surface area (Å²) >= 11 is 0. The van der Waals surface area contributed by atoms with Crippen molar-refractivity contribution in [1.82, 2.24) is 19.7 Å². The summed E-state index contributed by atoms with van der Waals surface area (Å²) in [6, 6.07) is 16.1. The van der Waals surface area contributed by atoms with Crippen LogP contribution in [-0.4, -0.2) is 35.3 Å². The minimum absolute atomic E-state index is 0.136. The summed E-state index contributed by atoms with van der Waals surface area (Å²) < 4.78 is 40.2. The number of hydrogen-bond acceptors (Lipinski definition) is 7. The van der Waals surface area contributed by atoms with Crippen LogP contribution in [0.2, 0.25) is 0 Å². The fourth-order valence-electron chi connectivity index (χ4n) is 2.91. The molecule has 2 aromatic carbocycles. The Morgan fingerprint density at radius 3 is 2.12 bits per heavy atom. The fourth-order valence-corrected chi connectivity index (χ4v) is 3.96. The van der Waals surface area contributed by atoms with Crippen LogP contribution < -0.4 is 14.2 Å². The first-order valence-electron chi connectivity index (χ1n) is 9.65. The SMILES string of the molecule is COc1ccc(S(=O)(=O)Nc2ccc(Oc3ccc(-n4cnc(C)c4C)nn3)cc2)cc1. The van der Waals surface area contributed by atoms with Crippen molar-refractivity contribution in [2.75, 3.05) is 11.8 Å². The van der Waals surface area contributed by atoms with E-state index in [9.17, 15) is 8.42 Å². The van der Waals surface area contributed by atoms with E-state index < -0.39 is 10.0 Å². The molecule has 0 atom stereocenters. The fraction of sp³-hybridized carbons (Fsp3) is 0.136. The molecule has 0 bridgehead atoms. The lowest BCUT2D eigenvalue weighted by Gasteiger charge is -2.10. The number of nitrogens with zero attached hydrogens (tertiary/aromatic N) is 4. The van der Waals surface area contributed by atoms with E-state index in [-0.39, 0.29) is 4.90 Å². The zero-order chi connectivity index (χ0) is 22.7. The number of rotatable bonds is 7. The Morgan fingerprint density at radius 2 is 1.56 bits per heavy atom. The number of sulfonamides is 1. The molecule has 0 aliphatic rings. The Bertz CT molecular complexity index is 1320. The molecule has 1 N–H and O–H groups in total. The summed E-state index contributed by atoms with van der Waals surface area (Å²) in [5, 5.41) is 8.27. The van der Waals surface area contributed by atoms with Crippen LogP contribution in [0.1, 0.15) is 11.4 Å². The predicted molar refractivity (Wildman–Crippen MR) is 119 cm³/mol. The zero-order valence-corrected chi connectivity index (χ0v) is 18.5. The molecule has 4 aromatic rings. The second-order valence-electron chi connectivity index (χ2n) is 6.92. The second kappa shape index (κ2) is 8.67. The van der Waals surface area contributed by atoms with Crippen molar-refractivity contribution in [2.24, 2.45) is 0 Å². The highest BCUT2D eigenvalue weighted by Crippen LogP contribution is 2.24. The molecule has 0 saturated carbocycles. The van der Waals surface area contributed by atoms with Gasteiger partial charge in [0.15, 0.2) is 5.82 Å². The van der Waals surface area contributed by atoms with E-state index in [1.54, 1.807) is 54.9 Å². The van der Waals surface area contributed by atoms with Crippen molar-refractivity contribution < 1.29 is 17.9 Å². The predicted octanol–water partition coefficient (Wildman–Crippen LogP) is 3.88.